The third-order valence-corrected chi connectivity index (χ3v) is 5.90. The van der Waals surface area contributed by atoms with E-state index in [4.69, 9.17) is 19.7 Å². The van der Waals surface area contributed by atoms with Crippen molar-refractivity contribution in [2.75, 3.05) is 26.3 Å². The SMILES string of the molecule is CCCCCC1OC1CC1OC1CCCCCCCC(=O)N(CCO)CCO. The van der Waals surface area contributed by atoms with Crippen LogP contribution in [0.4, 0.5) is 0 Å². The molecule has 0 bridgehead atoms. The predicted octanol–water partition coefficient (Wildman–Crippen LogP) is 3.04. The Bertz CT molecular complexity index is 427. The minimum atomic E-state index is -0.0532. The Balaban J connectivity index is 1.38. The lowest BCUT2D eigenvalue weighted by Gasteiger charge is -2.20. The molecule has 6 nitrogen and oxygen atoms in total. The molecule has 164 valence electrons. The van der Waals surface area contributed by atoms with Crippen LogP contribution in [0, 0.1) is 0 Å². The van der Waals surface area contributed by atoms with Crippen LogP contribution in [0.5, 0.6) is 0 Å². The van der Waals surface area contributed by atoms with Crippen LogP contribution in [0.3, 0.4) is 0 Å². The molecule has 4 unspecified atom stereocenters. The molecule has 2 aliphatic rings. The zero-order valence-corrected chi connectivity index (χ0v) is 17.7. The van der Waals surface area contributed by atoms with Gasteiger partial charge in [0, 0.05) is 25.9 Å². The molecule has 2 N–H and O–H groups in total. The fourth-order valence-electron chi connectivity index (χ4n) is 4.02. The van der Waals surface area contributed by atoms with Crippen LogP contribution < -0.4 is 0 Å². The van der Waals surface area contributed by atoms with Gasteiger partial charge in [0.25, 0.3) is 0 Å². The molecule has 2 fully saturated rings. The van der Waals surface area contributed by atoms with Gasteiger partial charge in [0.1, 0.15) is 0 Å². The maximum absolute atomic E-state index is 12.0. The lowest BCUT2D eigenvalue weighted by molar-refractivity contribution is -0.132. The van der Waals surface area contributed by atoms with E-state index in [0.29, 0.717) is 43.9 Å². The molecule has 1 amide bonds. The quantitative estimate of drug-likeness (QED) is 0.273. The Morgan fingerprint density at radius 3 is 1.89 bits per heavy atom. The molecule has 0 aliphatic carbocycles. The smallest absolute Gasteiger partial charge is 0.222 e. The van der Waals surface area contributed by atoms with E-state index < -0.39 is 0 Å². The highest BCUT2D eigenvalue weighted by Gasteiger charge is 2.47. The summed E-state index contributed by atoms with van der Waals surface area (Å²) in [5, 5.41) is 17.9. The molecule has 0 aromatic carbocycles. The average molecular weight is 400 g/mol. The largest absolute Gasteiger partial charge is 0.395 e. The number of carbonyl (C=O) groups is 1. The van der Waals surface area contributed by atoms with Crippen molar-refractivity contribution in [1.29, 1.82) is 0 Å². The van der Waals surface area contributed by atoms with Crippen LogP contribution >= 0.6 is 0 Å². The van der Waals surface area contributed by atoms with Crippen molar-refractivity contribution in [2.24, 2.45) is 0 Å². The van der Waals surface area contributed by atoms with Crippen molar-refractivity contribution < 1.29 is 24.5 Å². The minimum absolute atomic E-state index is 0.0348. The van der Waals surface area contributed by atoms with Crippen molar-refractivity contribution in [3.8, 4) is 0 Å². The summed E-state index contributed by atoms with van der Waals surface area (Å²) in [6.07, 6.45) is 15.2. The standard InChI is InChI=1S/C22H41NO5/c1-2-3-7-10-18-20(27-18)17-21-19(28-21)11-8-5-4-6-9-12-22(26)23(13-15-24)14-16-25/h18-21,24-25H,2-17H2,1H3. The van der Waals surface area contributed by atoms with Crippen LogP contribution in [0.1, 0.15) is 84.0 Å². The summed E-state index contributed by atoms with van der Waals surface area (Å²) in [7, 11) is 0. The fraction of sp³-hybridized carbons (Fsp3) is 0.955. The highest BCUT2D eigenvalue weighted by atomic mass is 16.6. The maximum atomic E-state index is 12.0. The Morgan fingerprint density at radius 1 is 0.786 bits per heavy atom. The zero-order valence-electron chi connectivity index (χ0n) is 17.7. The second kappa shape index (κ2) is 13.5. The van der Waals surface area contributed by atoms with E-state index >= 15 is 0 Å². The third-order valence-electron chi connectivity index (χ3n) is 5.90. The van der Waals surface area contributed by atoms with E-state index in [1.54, 1.807) is 4.90 Å². The van der Waals surface area contributed by atoms with Crippen molar-refractivity contribution in [2.45, 2.75) is 108 Å². The van der Waals surface area contributed by atoms with Gasteiger partial charge in [-0.2, -0.15) is 0 Å². The number of hydrogen-bond donors (Lipinski definition) is 2. The summed E-state index contributed by atoms with van der Waals surface area (Å²) >= 11 is 0. The van der Waals surface area contributed by atoms with Crippen LogP contribution in [-0.2, 0) is 14.3 Å². The highest BCUT2D eigenvalue weighted by molar-refractivity contribution is 5.76. The summed E-state index contributed by atoms with van der Waals surface area (Å²) in [6.45, 7) is 2.75. The molecule has 0 saturated carbocycles. The molecule has 4 atom stereocenters. The normalized spacial score (nSPS) is 25.7. The van der Waals surface area contributed by atoms with Gasteiger partial charge in [-0.1, -0.05) is 51.9 Å². The third kappa shape index (κ3) is 9.21. The highest BCUT2D eigenvalue weighted by Crippen LogP contribution is 2.39. The first-order valence-electron chi connectivity index (χ1n) is 11.5. The van der Waals surface area contributed by atoms with E-state index in [-0.39, 0.29) is 19.1 Å². The summed E-state index contributed by atoms with van der Waals surface area (Å²) in [6, 6.07) is 0. The number of hydrogen-bond acceptors (Lipinski definition) is 5. The maximum Gasteiger partial charge on any atom is 0.222 e. The summed E-state index contributed by atoms with van der Waals surface area (Å²) in [5.41, 5.74) is 0. The molecule has 2 aliphatic heterocycles. The Hall–Kier alpha value is -0.690. The van der Waals surface area contributed by atoms with Gasteiger partial charge >= 0.3 is 0 Å². The van der Waals surface area contributed by atoms with Crippen molar-refractivity contribution >= 4 is 5.91 Å². The molecular formula is C22H41NO5. The predicted molar refractivity (Wildman–Crippen MR) is 109 cm³/mol. The van der Waals surface area contributed by atoms with E-state index in [1.165, 1.54) is 38.5 Å². The molecule has 28 heavy (non-hydrogen) atoms. The number of rotatable bonds is 18. The molecule has 0 aromatic heterocycles. The lowest BCUT2D eigenvalue weighted by Crippen LogP contribution is -2.35. The van der Waals surface area contributed by atoms with E-state index in [2.05, 4.69) is 6.92 Å². The topological polar surface area (TPSA) is 85.8 Å². The number of amides is 1. The molecular weight excluding hydrogens is 358 g/mol. The van der Waals surface area contributed by atoms with E-state index in [0.717, 1.165) is 32.1 Å². The summed E-state index contributed by atoms with van der Waals surface area (Å²) in [4.78, 5) is 13.6. The Labute approximate surface area is 170 Å². The zero-order chi connectivity index (χ0) is 20.2. The second-order valence-corrected chi connectivity index (χ2v) is 8.29. The van der Waals surface area contributed by atoms with Crippen LogP contribution in [0.2, 0.25) is 0 Å². The van der Waals surface area contributed by atoms with Gasteiger partial charge in [0.05, 0.1) is 37.6 Å². The number of nitrogens with zero attached hydrogens (tertiary/aromatic N) is 1. The van der Waals surface area contributed by atoms with Gasteiger partial charge < -0.3 is 24.6 Å². The van der Waals surface area contributed by atoms with Gasteiger partial charge in [-0.3, -0.25) is 4.79 Å². The van der Waals surface area contributed by atoms with Crippen molar-refractivity contribution in [1.82, 2.24) is 4.90 Å². The monoisotopic (exact) mass is 399 g/mol. The molecule has 2 saturated heterocycles. The van der Waals surface area contributed by atoms with Gasteiger partial charge in [-0.15, -0.1) is 0 Å². The van der Waals surface area contributed by atoms with E-state index in [1.807, 2.05) is 0 Å². The molecule has 2 heterocycles. The molecule has 0 spiro atoms. The number of epoxide rings is 2. The summed E-state index contributed by atoms with van der Waals surface area (Å²) in [5.74, 6) is 0.0348. The molecule has 6 heteroatoms. The first-order chi connectivity index (χ1) is 13.7. The van der Waals surface area contributed by atoms with Crippen LogP contribution in [0.15, 0.2) is 0 Å². The van der Waals surface area contributed by atoms with Gasteiger partial charge in [-0.25, -0.2) is 0 Å². The number of aliphatic hydroxyl groups is 2. The van der Waals surface area contributed by atoms with Crippen molar-refractivity contribution in [3.63, 3.8) is 0 Å². The minimum Gasteiger partial charge on any atom is -0.395 e. The average Bonchev–Trinajstić information content (AvgIpc) is 3.60. The van der Waals surface area contributed by atoms with Crippen molar-refractivity contribution in [3.05, 3.63) is 0 Å². The van der Waals surface area contributed by atoms with Gasteiger partial charge in [-0.05, 0) is 19.3 Å². The number of unbranched alkanes of at least 4 members (excludes halogenated alkanes) is 6. The Morgan fingerprint density at radius 2 is 1.32 bits per heavy atom. The fourth-order valence-corrected chi connectivity index (χ4v) is 4.02. The Kier molecular flexibility index (Phi) is 11.4. The molecule has 2 rings (SSSR count). The number of ether oxygens (including phenoxy) is 2. The molecule has 0 radical (unpaired) electrons. The second-order valence-electron chi connectivity index (χ2n) is 8.29. The first-order valence-corrected chi connectivity index (χ1v) is 11.5. The summed E-state index contributed by atoms with van der Waals surface area (Å²) < 4.78 is 11.6. The van der Waals surface area contributed by atoms with Crippen LogP contribution in [0.25, 0.3) is 0 Å². The number of carbonyl (C=O) groups excluding carboxylic acids is 1. The first kappa shape index (κ1) is 23.6. The van der Waals surface area contributed by atoms with Gasteiger partial charge in [0.2, 0.25) is 5.91 Å². The number of aliphatic hydroxyl groups excluding tert-OH is 2. The molecule has 0 aromatic rings. The van der Waals surface area contributed by atoms with Crippen LogP contribution in [-0.4, -0.2) is 71.7 Å². The van der Waals surface area contributed by atoms with E-state index in [9.17, 15) is 4.79 Å². The lowest BCUT2D eigenvalue weighted by atomic mass is 10.0. The van der Waals surface area contributed by atoms with Gasteiger partial charge in [0.15, 0.2) is 0 Å².